The summed E-state index contributed by atoms with van der Waals surface area (Å²) in [5, 5.41) is 6.58. The van der Waals surface area contributed by atoms with Crippen molar-refractivity contribution in [3.63, 3.8) is 0 Å². The van der Waals surface area contributed by atoms with Crippen molar-refractivity contribution >= 4 is 29.9 Å². The highest BCUT2D eigenvalue weighted by atomic mass is 127. The summed E-state index contributed by atoms with van der Waals surface area (Å²) in [6, 6.07) is 12.6. The van der Waals surface area contributed by atoms with E-state index in [0.29, 0.717) is 6.54 Å². The Balaban J connectivity index is 0.00000338. The first-order valence-electron chi connectivity index (χ1n) is 8.69. The molecule has 0 aliphatic carbocycles. The Morgan fingerprint density at radius 3 is 2.62 bits per heavy atom. The molecule has 2 N–H and O–H groups in total. The molecule has 1 aromatic heterocycles. The van der Waals surface area contributed by atoms with Gasteiger partial charge in [-0.2, -0.15) is 0 Å². The summed E-state index contributed by atoms with van der Waals surface area (Å²) in [7, 11) is 0. The molecule has 0 spiro atoms. The van der Waals surface area contributed by atoms with E-state index in [0.717, 1.165) is 36.7 Å². The van der Waals surface area contributed by atoms with Crippen molar-refractivity contribution in [1.82, 2.24) is 15.6 Å². The van der Waals surface area contributed by atoms with Crippen LogP contribution in [-0.4, -0.2) is 30.6 Å². The van der Waals surface area contributed by atoms with Crippen molar-refractivity contribution in [3.05, 3.63) is 65.7 Å². The number of benzene rings is 1. The van der Waals surface area contributed by atoms with E-state index in [2.05, 4.69) is 34.5 Å². The quantitative estimate of drug-likeness (QED) is 0.367. The molecule has 1 heterocycles. The SMILES string of the molecule is CCNC(=NCC(C)(C)c1cccc(F)c1)NCCc1ccccn1.I. The number of hydrogen-bond donors (Lipinski definition) is 2. The normalized spacial score (nSPS) is 11.6. The molecule has 0 radical (unpaired) electrons. The number of pyridine rings is 1. The van der Waals surface area contributed by atoms with Gasteiger partial charge >= 0.3 is 0 Å². The van der Waals surface area contributed by atoms with Gasteiger partial charge in [0, 0.05) is 36.8 Å². The molecule has 0 aliphatic rings. The number of aliphatic imine (C=N–C) groups is 1. The fraction of sp³-hybridized carbons (Fsp3) is 0.400. The third-order valence-electron chi connectivity index (χ3n) is 3.98. The second-order valence-corrected chi connectivity index (χ2v) is 6.59. The highest BCUT2D eigenvalue weighted by Crippen LogP contribution is 2.24. The van der Waals surface area contributed by atoms with Gasteiger partial charge in [0.05, 0.1) is 6.54 Å². The van der Waals surface area contributed by atoms with Crippen LogP contribution in [0.15, 0.2) is 53.7 Å². The maximum Gasteiger partial charge on any atom is 0.191 e. The maximum absolute atomic E-state index is 13.5. The molecule has 2 aromatic rings. The van der Waals surface area contributed by atoms with E-state index in [4.69, 9.17) is 0 Å². The number of nitrogens with one attached hydrogen (secondary N) is 2. The molecule has 0 saturated carbocycles. The summed E-state index contributed by atoms with van der Waals surface area (Å²) in [6.07, 6.45) is 2.63. The monoisotopic (exact) mass is 470 g/mol. The molecule has 6 heteroatoms. The van der Waals surface area contributed by atoms with Crippen LogP contribution in [0.5, 0.6) is 0 Å². The molecular weight excluding hydrogens is 442 g/mol. The zero-order chi connectivity index (χ0) is 18.1. The number of hydrogen-bond acceptors (Lipinski definition) is 2. The van der Waals surface area contributed by atoms with Gasteiger partial charge in [-0.15, -0.1) is 24.0 Å². The lowest BCUT2D eigenvalue weighted by Gasteiger charge is -2.24. The molecule has 0 amide bonds. The molecule has 1 aromatic carbocycles. The average Bonchev–Trinajstić information content (AvgIpc) is 2.61. The van der Waals surface area contributed by atoms with E-state index in [1.165, 1.54) is 6.07 Å². The molecule has 0 aliphatic heterocycles. The van der Waals surface area contributed by atoms with Crippen LogP contribution in [0.25, 0.3) is 0 Å². The lowest BCUT2D eigenvalue weighted by molar-refractivity contribution is 0.529. The van der Waals surface area contributed by atoms with Crippen LogP contribution in [-0.2, 0) is 11.8 Å². The lowest BCUT2D eigenvalue weighted by atomic mass is 9.85. The lowest BCUT2D eigenvalue weighted by Crippen LogP contribution is -2.39. The molecule has 0 fully saturated rings. The second kappa shape index (κ2) is 11.1. The topological polar surface area (TPSA) is 49.3 Å². The zero-order valence-corrected chi connectivity index (χ0v) is 18.0. The fourth-order valence-corrected chi connectivity index (χ4v) is 2.47. The molecule has 2 rings (SSSR count). The van der Waals surface area contributed by atoms with E-state index in [-0.39, 0.29) is 35.2 Å². The minimum absolute atomic E-state index is 0. The van der Waals surface area contributed by atoms with Gasteiger partial charge in [0.25, 0.3) is 0 Å². The van der Waals surface area contributed by atoms with Crippen molar-refractivity contribution in [2.45, 2.75) is 32.6 Å². The smallest absolute Gasteiger partial charge is 0.191 e. The molecule has 0 saturated heterocycles. The van der Waals surface area contributed by atoms with E-state index in [1.807, 2.05) is 31.2 Å². The molecule has 26 heavy (non-hydrogen) atoms. The summed E-state index contributed by atoms with van der Waals surface area (Å²) < 4.78 is 13.5. The van der Waals surface area contributed by atoms with Gasteiger partial charge in [0.2, 0.25) is 0 Å². The van der Waals surface area contributed by atoms with Crippen molar-refractivity contribution in [1.29, 1.82) is 0 Å². The van der Waals surface area contributed by atoms with Gasteiger partial charge in [-0.05, 0) is 36.8 Å². The Kier molecular flexibility index (Phi) is 9.54. The number of guanidine groups is 1. The molecule has 0 atom stereocenters. The largest absolute Gasteiger partial charge is 0.357 e. The first kappa shape index (κ1) is 22.3. The number of nitrogens with zero attached hydrogens (tertiary/aromatic N) is 2. The van der Waals surface area contributed by atoms with Gasteiger partial charge in [-0.25, -0.2) is 4.39 Å². The van der Waals surface area contributed by atoms with E-state index in [1.54, 1.807) is 18.3 Å². The van der Waals surface area contributed by atoms with Crippen molar-refractivity contribution in [2.24, 2.45) is 4.99 Å². The molecular formula is C20H28FIN4. The highest BCUT2D eigenvalue weighted by Gasteiger charge is 2.21. The Bertz CT molecular complexity index is 689. The molecule has 0 unspecified atom stereocenters. The maximum atomic E-state index is 13.5. The molecule has 4 nitrogen and oxygen atoms in total. The van der Waals surface area contributed by atoms with Crippen LogP contribution in [0.4, 0.5) is 4.39 Å². The van der Waals surface area contributed by atoms with Gasteiger partial charge < -0.3 is 10.6 Å². The predicted molar refractivity (Wildman–Crippen MR) is 117 cm³/mol. The summed E-state index contributed by atoms with van der Waals surface area (Å²) in [5.74, 6) is 0.554. The van der Waals surface area contributed by atoms with Gasteiger partial charge in [-0.1, -0.05) is 32.0 Å². The van der Waals surface area contributed by atoms with Crippen molar-refractivity contribution in [3.8, 4) is 0 Å². The van der Waals surface area contributed by atoms with Crippen LogP contribution in [0.2, 0.25) is 0 Å². The minimum Gasteiger partial charge on any atom is -0.357 e. The van der Waals surface area contributed by atoms with Crippen LogP contribution in [0.3, 0.4) is 0 Å². The number of rotatable bonds is 7. The summed E-state index contributed by atoms with van der Waals surface area (Å²) in [4.78, 5) is 8.99. The number of aromatic nitrogens is 1. The van der Waals surface area contributed by atoms with E-state index >= 15 is 0 Å². The first-order chi connectivity index (χ1) is 12.0. The van der Waals surface area contributed by atoms with E-state index < -0.39 is 0 Å². The predicted octanol–water partition coefficient (Wildman–Crippen LogP) is 3.91. The van der Waals surface area contributed by atoms with E-state index in [9.17, 15) is 4.39 Å². The fourth-order valence-electron chi connectivity index (χ4n) is 2.47. The highest BCUT2D eigenvalue weighted by molar-refractivity contribution is 14.0. The average molecular weight is 470 g/mol. The summed E-state index contributed by atoms with van der Waals surface area (Å²) in [5.41, 5.74) is 1.75. The molecule has 142 valence electrons. The summed E-state index contributed by atoms with van der Waals surface area (Å²) in [6.45, 7) is 8.29. The Hall–Kier alpha value is -1.70. The Morgan fingerprint density at radius 2 is 1.96 bits per heavy atom. The zero-order valence-electron chi connectivity index (χ0n) is 15.6. The van der Waals surface area contributed by atoms with Gasteiger partial charge in [0.15, 0.2) is 5.96 Å². The van der Waals surface area contributed by atoms with Crippen LogP contribution in [0.1, 0.15) is 32.0 Å². The number of halogens is 2. The Morgan fingerprint density at radius 1 is 1.15 bits per heavy atom. The van der Waals surface area contributed by atoms with Crippen molar-refractivity contribution in [2.75, 3.05) is 19.6 Å². The van der Waals surface area contributed by atoms with Crippen LogP contribution >= 0.6 is 24.0 Å². The van der Waals surface area contributed by atoms with Crippen molar-refractivity contribution < 1.29 is 4.39 Å². The summed E-state index contributed by atoms with van der Waals surface area (Å²) >= 11 is 0. The van der Waals surface area contributed by atoms with Gasteiger partial charge in [0.1, 0.15) is 5.82 Å². The molecule has 0 bridgehead atoms. The third kappa shape index (κ3) is 7.27. The minimum atomic E-state index is -0.245. The Labute approximate surface area is 172 Å². The second-order valence-electron chi connectivity index (χ2n) is 6.59. The third-order valence-corrected chi connectivity index (χ3v) is 3.98. The standard InChI is InChI=1S/C20H27FN4.HI/c1-4-22-19(24-13-11-18-10-5-6-12-23-18)25-15-20(2,3)16-8-7-9-17(21)14-16;/h5-10,12,14H,4,11,13,15H2,1-3H3,(H2,22,24,25);1H. The van der Waals surface area contributed by atoms with Gasteiger partial charge in [-0.3, -0.25) is 9.98 Å². The van der Waals surface area contributed by atoms with Crippen LogP contribution < -0.4 is 10.6 Å². The van der Waals surface area contributed by atoms with Crippen LogP contribution in [0, 0.1) is 5.82 Å². The first-order valence-corrected chi connectivity index (χ1v) is 8.69.